The first kappa shape index (κ1) is 60.4. The minimum absolute atomic E-state index is 0.0103. The summed E-state index contributed by atoms with van der Waals surface area (Å²) in [6.07, 6.45) is 1.31. The van der Waals surface area contributed by atoms with E-state index < -0.39 is 42.0 Å². The summed E-state index contributed by atoms with van der Waals surface area (Å²) in [7, 11) is 0. The number of nitrogens with two attached hydrogens (primary N) is 6. The van der Waals surface area contributed by atoms with Gasteiger partial charge in [0, 0.05) is 26.2 Å². The van der Waals surface area contributed by atoms with Crippen LogP contribution in [0.5, 0.6) is 11.5 Å². The molecule has 76 heavy (non-hydrogen) atoms. The molecule has 2 saturated heterocycles. The number of nitrogens with zero attached hydrogens (tertiary/aromatic N) is 6. The molecule has 2 aromatic carbocycles. The van der Waals surface area contributed by atoms with E-state index in [4.69, 9.17) is 86.0 Å². The van der Waals surface area contributed by atoms with E-state index in [1.165, 1.54) is 5.56 Å². The Balaban J connectivity index is 0.000000281. The zero-order valence-electron chi connectivity index (χ0n) is 42.5. The molecule has 0 saturated carbocycles. The molecule has 26 nitrogen and oxygen atoms in total. The van der Waals surface area contributed by atoms with Crippen LogP contribution in [-0.4, -0.2) is 154 Å². The van der Waals surface area contributed by atoms with Crippen LogP contribution in [0.1, 0.15) is 78.6 Å². The Morgan fingerprint density at radius 1 is 0.789 bits per heavy atom. The van der Waals surface area contributed by atoms with E-state index >= 15 is 0 Å². The number of rotatable bonds is 23. The Labute approximate surface area is 449 Å². The van der Waals surface area contributed by atoms with Gasteiger partial charge >= 0.3 is 0 Å². The number of benzene rings is 2. The molecule has 416 valence electrons. The first-order valence-electron chi connectivity index (χ1n) is 24.3. The molecule has 28 heteroatoms. The number of aromatic nitrogens is 4. The van der Waals surface area contributed by atoms with Gasteiger partial charge in [0.1, 0.15) is 55.2 Å². The highest BCUT2D eigenvalue weighted by Crippen LogP contribution is 2.30. The minimum atomic E-state index is -0.970. The van der Waals surface area contributed by atoms with E-state index in [0.29, 0.717) is 45.0 Å². The highest BCUT2D eigenvalue weighted by Gasteiger charge is 2.44. The van der Waals surface area contributed by atoms with Crippen molar-refractivity contribution in [2.45, 2.75) is 102 Å². The summed E-state index contributed by atoms with van der Waals surface area (Å²) in [4.78, 5) is 48.0. The average Bonchev–Trinajstić information content (AvgIpc) is 3.71. The normalized spacial score (nSPS) is 19.8. The third-order valence-electron chi connectivity index (χ3n) is 11.2. The Morgan fingerprint density at radius 2 is 1.37 bits per heavy atom. The molecule has 6 rings (SSSR count). The van der Waals surface area contributed by atoms with Crippen molar-refractivity contribution in [1.29, 1.82) is 0 Å². The first-order chi connectivity index (χ1) is 36.2. The monoisotopic (exact) mass is 1100 g/mol. The highest BCUT2D eigenvalue weighted by molar-refractivity contribution is 6.32. The molecule has 4 heterocycles. The molecule has 0 aliphatic carbocycles. The molecule has 0 spiro atoms. The van der Waals surface area contributed by atoms with E-state index in [1.807, 2.05) is 49.4 Å². The number of aliphatic hydroxyl groups excluding tert-OH is 3. The van der Waals surface area contributed by atoms with Gasteiger partial charge < -0.3 is 83.5 Å². The molecule has 0 unspecified atom stereocenters. The Hall–Kier alpha value is -6.46. The molecule has 4 aromatic rings. The predicted octanol–water partition coefficient (Wildman–Crippen LogP) is 1.07. The van der Waals surface area contributed by atoms with E-state index in [9.17, 15) is 24.9 Å². The largest absolute Gasteiger partial charge is 0.492 e. The van der Waals surface area contributed by atoms with Crippen LogP contribution in [0.15, 0.2) is 58.5 Å². The highest BCUT2D eigenvalue weighted by atomic mass is 35.5. The standard InChI is InChI=1S/C24H35ClN8O5.C24H34ClN7O6/c1-14-37-13-17(34)18(38-14)12-29-10-11-36-16-7-5-15(6-8-16)4-2-3-9-30-24(28)33-23(35)19-21(26)32-22(27)20(25)31-19;1-24(2)37-16(11-33)18(38-24)15(34)12-36-14-8-5-7-13(10-14)6-3-4-9-29-23(28)32-22(35)17-20(26)31-21(27)19(25)30-17/h5-8,14,17-18,29,34H,2-4,9-13H2,1H3,(H4,26,27,32)(H3,28,30,33,35);5,7-8,10,15-16,18,33-34H,3-4,6,9,11-12H2,1-2H3,(H4,26,27,31)(H3,28,29,32,35)/t14-,17-,18+;15-,16+,18-/m11/s1. The van der Waals surface area contributed by atoms with Gasteiger partial charge in [-0.25, -0.2) is 19.9 Å². The molecule has 0 bridgehead atoms. The summed E-state index contributed by atoms with van der Waals surface area (Å²) < 4.78 is 33.6. The fraction of sp³-hybridized carbons (Fsp3) is 0.500. The maximum absolute atomic E-state index is 12.3. The molecule has 18 N–H and O–H groups in total. The van der Waals surface area contributed by atoms with Crippen molar-refractivity contribution in [2.75, 3.05) is 75.5 Å². The number of carbonyl (C=O) groups is 2. The molecule has 2 aliphatic heterocycles. The number of hydrogen-bond acceptors (Lipinski definition) is 22. The lowest BCUT2D eigenvalue weighted by atomic mass is 10.1. The molecular weight excluding hydrogens is 1030 g/mol. The van der Waals surface area contributed by atoms with Gasteiger partial charge in [-0.3, -0.25) is 30.2 Å². The lowest BCUT2D eigenvalue weighted by molar-refractivity contribution is -0.242. The third kappa shape index (κ3) is 19.6. The predicted molar refractivity (Wildman–Crippen MR) is 285 cm³/mol. The van der Waals surface area contributed by atoms with E-state index in [-0.39, 0.29) is 89.1 Å². The summed E-state index contributed by atoms with van der Waals surface area (Å²) >= 11 is 11.6. The lowest BCUT2D eigenvalue weighted by Gasteiger charge is -2.32. The van der Waals surface area contributed by atoms with Crippen molar-refractivity contribution < 1.29 is 53.3 Å². The van der Waals surface area contributed by atoms with E-state index in [2.05, 4.69) is 45.9 Å². The first-order valence-corrected chi connectivity index (χ1v) is 25.1. The van der Waals surface area contributed by atoms with Crippen LogP contribution in [0.3, 0.4) is 0 Å². The second-order valence-corrected chi connectivity index (χ2v) is 18.5. The van der Waals surface area contributed by atoms with Crippen LogP contribution in [0.2, 0.25) is 10.3 Å². The summed E-state index contributed by atoms with van der Waals surface area (Å²) in [5.74, 6) is -1.44. The van der Waals surface area contributed by atoms with Gasteiger partial charge in [0.05, 0.1) is 13.2 Å². The van der Waals surface area contributed by atoms with Gasteiger partial charge in [-0.2, -0.15) is 0 Å². The number of anilines is 4. The van der Waals surface area contributed by atoms with E-state index in [0.717, 1.165) is 43.4 Å². The smallest absolute Gasteiger partial charge is 0.280 e. The molecule has 6 atom stereocenters. The zero-order valence-corrected chi connectivity index (χ0v) is 44.0. The van der Waals surface area contributed by atoms with Crippen LogP contribution in [-0.2, 0) is 31.8 Å². The number of nitrogen functional groups attached to an aromatic ring is 4. The Morgan fingerprint density at radius 3 is 1.95 bits per heavy atom. The number of hydrogen-bond donors (Lipinski definition) is 12. The molecule has 2 aliphatic rings. The van der Waals surface area contributed by atoms with Gasteiger partial charge in [-0.05, 0) is 94.7 Å². The van der Waals surface area contributed by atoms with Gasteiger partial charge in [-0.1, -0.05) is 47.5 Å². The number of amides is 2. The summed E-state index contributed by atoms with van der Waals surface area (Å²) in [5, 5.41) is 37.7. The van der Waals surface area contributed by atoms with Crippen LogP contribution >= 0.6 is 23.2 Å². The minimum Gasteiger partial charge on any atom is -0.492 e. The maximum Gasteiger partial charge on any atom is 0.280 e. The Bertz CT molecular complexity index is 2590. The molecular formula is C48H69Cl2N15O11. The van der Waals surface area contributed by atoms with Crippen LogP contribution in [0, 0.1) is 0 Å². The summed E-state index contributed by atoms with van der Waals surface area (Å²) in [5.41, 5.74) is 35.7. The lowest BCUT2D eigenvalue weighted by Crippen LogP contribution is -2.48. The molecule has 2 fully saturated rings. The number of carbonyl (C=O) groups excluding carboxylic acids is 2. The third-order valence-corrected chi connectivity index (χ3v) is 11.8. The number of aliphatic imine (C=N–C) groups is 2. The van der Waals surface area contributed by atoms with Crippen molar-refractivity contribution in [1.82, 2.24) is 35.9 Å². The van der Waals surface area contributed by atoms with Gasteiger partial charge in [-0.15, -0.1) is 0 Å². The molecule has 2 amide bonds. The van der Waals surface area contributed by atoms with Crippen molar-refractivity contribution in [2.24, 2.45) is 21.5 Å². The van der Waals surface area contributed by atoms with Gasteiger partial charge in [0.2, 0.25) is 0 Å². The number of nitrogens with one attached hydrogen (secondary N) is 3. The number of unbranched alkanes of at least 4 members (excludes halogenated alkanes) is 2. The second-order valence-electron chi connectivity index (χ2n) is 17.8. The fourth-order valence-electron chi connectivity index (χ4n) is 7.47. The SMILES string of the molecule is CC1(C)O[C@H]([C@H](O)COc2cccc(CCCCN=C(N)NC(=O)c3nc(Cl)c(N)nc3N)c2)[C@H](CO)O1.C[C@@H]1OC[C@@H](O)[C@H](CNCCOc2ccc(CCCCN=C(N)NC(=O)c3nc(Cl)c(N)nc3N)cc2)O1. The number of aliphatic hydroxyl groups is 3. The maximum atomic E-state index is 12.3. The number of aryl methyl sites for hydroxylation is 2. The summed E-state index contributed by atoms with van der Waals surface area (Å²) in [6, 6.07) is 15.5. The second kappa shape index (κ2) is 29.7. The van der Waals surface area contributed by atoms with Crippen molar-refractivity contribution in [3.8, 4) is 11.5 Å². The number of guanidine groups is 2. The summed E-state index contributed by atoms with van der Waals surface area (Å²) in [6.45, 7) is 7.76. The van der Waals surface area contributed by atoms with Gasteiger partial charge in [0.15, 0.2) is 69.0 Å². The molecule has 2 aromatic heterocycles. The van der Waals surface area contributed by atoms with Crippen LogP contribution in [0.25, 0.3) is 0 Å². The van der Waals surface area contributed by atoms with E-state index in [1.54, 1.807) is 19.9 Å². The fourth-order valence-corrected chi connectivity index (χ4v) is 7.72. The van der Waals surface area contributed by atoms with Crippen molar-refractivity contribution in [3.05, 3.63) is 81.4 Å². The Kier molecular flexibility index (Phi) is 23.6. The average molecular weight is 1100 g/mol. The number of ether oxygens (including phenoxy) is 6. The topological polar surface area (TPSA) is 419 Å². The van der Waals surface area contributed by atoms with Crippen molar-refractivity contribution in [3.63, 3.8) is 0 Å². The van der Waals surface area contributed by atoms with Crippen LogP contribution < -0.4 is 59.8 Å². The van der Waals surface area contributed by atoms with Crippen LogP contribution in [0.4, 0.5) is 23.3 Å². The van der Waals surface area contributed by atoms with Crippen molar-refractivity contribution >= 4 is 70.2 Å². The quantitative estimate of drug-likeness (QED) is 0.0281. The molecule has 0 radical (unpaired) electrons. The number of halogens is 2. The zero-order chi connectivity index (χ0) is 55.4. The van der Waals surface area contributed by atoms with Gasteiger partial charge in [0.25, 0.3) is 11.8 Å².